The highest BCUT2D eigenvalue weighted by atomic mass is 32.1. The zero-order chi connectivity index (χ0) is 14.7. The van der Waals surface area contributed by atoms with Gasteiger partial charge in [0.05, 0.1) is 18.8 Å². The molecule has 0 fully saturated rings. The van der Waals surface area contributed by atoms with E-state index >= 15 is 0 Å². The molecule has 0 aliphatic carbocycles. The summed E-state index contributed by atoms with van der Waals surface area (Å²) < 4.78 is 5.10. The van der Waals surface area contributed by atoms with Crippen LogP contribution in [0.1, 0.15) is 16.4 Å². The highest BCUT2D eigenvalue weighted by Crippen LogP contribution is 2.25. The number of fused-ring (bicyclic) bond motifs is 1. The van der Waals surface area contributed by atoms with Gasteiger partial charge >= 0.3 is 0 Å². The van der Waals surface area contributed by atoms with E-state index in [1.54, 1.807) is 18.4 Å². The number of anilines is 1. The Bertz CT molecular complexity index is 754. The fraction of sp³-hybridized carbons (Fsp3) is 0.250. The molecule has 5 heteroatoms. The number of pyridine rings is 1. The number of benzene rings is 1. The van der Waals surface area contributed by atoms with Gasteiger partial charge < -0.3 is 10.1 Å². The number of nitrogens with one attached hydrogen (secondary N) is 1. The van der Waals surface area contributed by atoms with Gasteiger partial charge in [-0.25, -0.2) is 4.98 Å². The Balaban J connectivity index is 1.80. The Morgan fingerprint density at radius 1 is 1.24 bits per heavy atom. The van der Waals surface area contributed by atoms with Crippen LogP contribution in [0.4, 0.5) is 5.69 Å². The predicted molar refractivity (Wildman–Crippen MR) is 86.6 cm³/mol. The fourth-order valence-electron chi connectivity index (χ4n) is 2.31. The molecule has 2 heterocycles. The topological polar surface area (TPSA) is 47.0 Å². The second-order valence-electron chi connectivity index (χ2n) is 4.82. The molecule has 0 radical (unpaired) electrons. The number of aryl methyl sites for hydroxylation is 1. The van der Waals surface area contributed by atoms with E-state index in [1.165, 1.54) is 10.8 Å². The maximum Gasteiger partial charge on any atom is 0.119 e. The summed E-state index contributed by atoms with van der Waals surface area (Å²) in [7, 11) is 1.69. The van der Waals surface area contributed by atoms with E-state index in [0.717, 1.165) is 22.1 Å². The van der Waals surface area contributed by atoms with Gasteiger partial charge in [-0.1, -0.05) is 12.1 Å². The van der Waals surface area contributed by atoms with Gasteiger partial charge in [0.2, 0.25) is 0 Å². The minimum atomic E-state index is 0.573. The lowest BCUT2D eigenvalue weighted by atomic mass is 10.1. The second kappa shape index (κ2) is 6.20. The maximum atomic E-state index is 5.10. The fourth-order valence-corrected chi connectivity index (χ4v) is 3.08. The van der Waals surface area contributed by atoms with E-state index in [4.69, 9.17) is 4.74 Å². The number of thiazole rings is 1. The largest absolute Gasteiger partial charge is 0.379 e. The maximum absolute atomic E-state index is 5.10. The van der Waals surface area contributed by atoms with E-state index in [2.05, 4.69) is 38.9 Å². The number of hydrogen-bond donors (Lipinski definition) is 1. The molecule has 1 N–H and O–H groups in total. The average molecular weight is 299 g/mol. The first kappa shape index (κ1) is 14.0. The summed E-state index contributed by atoms with van der Waals surface area (Å²) in [6, 6.07) is 8.28. The van der Waals surface area contributed by atoms with Crippen molar-refractivity contribution in [1.82, 2.24) is 9.97 Å². The molecule has 0 amide bonds. The third kappa shape index (κ3) is 3.04. The van der Waals surface area contributed by atoms with Gasteiger partial charge in [0, 0.05) is 40.8 Å². The number of ether oxygens (including phenoxy) is 1. The lowest BCUT2D eigenvalue weighted by molar-refractivity contribution is 0.184. The highest BCUT2D eigenvalue weighted by molar-refractivity contribution is 7.09. The number of hydrogen-bond acceptors (Lipinski definition) is 5. The van der Waals surface area contributed by atoms with Crippen molar-refractivity contribution in [3.05, 3.63) is 52.2 Å². The molecule has 3 aromatic rings. The summed E-state index contributed by atoms with van der Waals surface area (Å²) in [5, 5.41) is 8.91. The monoisotopic (exact) mass is 299 g/mol. The summed E-state index contributed by atoms with van der Waals surface area (Å²) in [6.07, 6.45) is 1.85. The molecule has 0 saturated heterocycles. The first-order valence-electron chi connectivity index (χ1n) is 6.78. The second-order valence-corrected chi connectivity index (χ2v) is 5.76. The van der Waals surface area contributed by atoms with Crippen LogP contribution in [0, 0.1) is 6.92 Å². The summed E-state index contributed by atoms with van der Waals surface area (Å²) in [5.74, 6) is 0. The SMILES string of the molecule is COCc1nc(CNc2cccc3c(C)nccc23)cs1. The van der Waals surface area contributed by atoms with Crippen LogP contribution in [-0.4, -0.2) is 17.1 Å². The molecule has 108 valence electrons. The van der Waals surface area contributed by atoms with Crippen molar-refractivity contribution >= 4 is 27.8 Å². The minimum absolute atomic E-state index is 0.573. The van der Waals surface area contributed by atoms with Crippen molar-refractivity contribution in [2.45, 2.75) is 20.1 Å². The minimum Gasteiger partial charge on any atom is -0.379 e. The van der Waals surface area contributed by atoms with Gasteiger partial charge in [-0.05, 0) is 19.1 Å². The lowest BCUT2D eigenvalue weighted by Gasteiger charge is -2.09. The number of nitrogens with zero attached hydrogens (tertiary/aromatic N) is 2. The number of methoxy groups -OCH3 is 1. The summed E-state index contributed by atoms with van der Waals surface area (Å²) >= 11 is 1.63. The molecular formula is C16H17N3OS. The van der Waals surface area contributed by atoms with Crippen molar-refractivity contribution in [2.24, 2.45) is 0 Å². The first-order valence-corrected chi connectivity index (χ1v) is 7.66. The Kier molecular flexibility index (Phi) is 4.13. The van der Waals surface area contributed by atoms with E-state index in [0.29, 0.717) is 13.2 Å². The van der Waals surface area contributed by atoms with Crippen molar-refractivity contribution in [1.29, 1.82) is 0 Å². The summed E-state index contributed by atoms with van der Waals surface area (Å²) in [5.41, 5.74) is 3.20. The molecule has 2 aromatic heterocycles. The third-order valence-corrected chi connectivity index (χ3v) is 4.20. The van der Waals surface area contributed by atoms with E-state index < -0.39 is 0 Å². The van der Waals surface area contributed by atoms with E-state index in [9.17, 15) is 0 Å². The van der Waals surface area contributed by atoms with Crippen LogP contribution in [0.2, 0.25) is 0 Å². The zero-order valence-electron chi connectivity index (χ0n) is 12.1. The van der Waals surface area contributed by atoms with Crippen LogP contribution >= 0.6 is 11.3 Å². The van der Waals surface area contributed by atoms with Crippen LogP contribution in [0.15, 0.2) is 35.8 Å². The molecular weight excluding hydrogens is 282 g/mol. The van der Waals surface area contributed by atoms with Gasteiger partial charge in [-0.2, -0.15) is 0 Å². The Morgan fingerprint density at radius 2 is 2.14 bits per heavy atom. The van der Waals surface area contributed by atoms with Gasteiger partial charge in [0.1, 0.15) is 5.01 Å². The number of rotatable bonds is 5. The zero-order valence-corrected chi connectivity index (χ0v) is 12.9. The molecule has 0 unspecified atom stereocenters. The Hall–Kier alpha value is -1.98. The standard InChI is InChI=1S/C16H17N3OS/c1-11-13-4-3-5-15(14(13)6-7-17-11)18-8-12-10-21-16(19-12)9-20-2/h3-7,10,18H,8-9H2,1-2H3. The Labute approximate surface area is 127 Å². The predicted octanol–water partition coefficient (Wildman–Crippen LogP) is 3.76. The number of aromatic nitrogens is 2. The van der Waals surface area contributed by atoms with E-state index in [1.807, 2.05) is 19.2 Å². The molecule has 21 heavy (non-hydrogen) atoms. The van der Waals surface area contributed by atoms with Crippen LogP contribution in [0.3, 0.4) is 0 Å². The molecule has 0 spiro atoms. The lowest BCUT2D eigenvalue weighted by Crippen LogP contribution is -2.01. The van der Waals surface area contributed by atoms with Crippen LogP contribution in [0.5, 0.6) is 0 Å². The average Bonchev–Trinajstić information content (AvgIpc) is 2.94. The third-order valence-electron chi connectivity index (χ3n) is 3.33. The molecule has 3 rings (SSSR count). The van der Waals surface area contributed by atoms with Crippen molar-refractivity contribution < 1.29 is 4.74 Å². The van der Waals surface area contributed by atoms with Crippen molar-refractivity contribution in [3.63, 3.8) is 0 Å². The van der Waals surface area contributed by atoms with Gasteiger partial charge in [-0.15, -0.1) is 11.3 Å². The van der Waals surface area contributed by atoms with Crippen LogP contribution in [-0.2, 0) is 17.9 Å². The molecule has 0 bridgehead atoms. The summed E-state index contributed by atoms with van der Waals surface area (Å²) in [6.45, 7) is 3.31. The highest BCUT2D eigenvalue weighted by Gasteiger charge is 2.05. The normalized spacial score (nSPS) is 11.0. The van der Waals surface area contributed by atoms with Crippen molar-refractivity contribution in [3.8, 4) is 0 Å². The quantitative estimate of drug-likeness (QED) is 0.779. The molecule has 0 saturated carbocycles. The van der Waals surface area contributed by atoms with Gasteiger partial charge in [-0.3, -0.25) is 4.98 Å². The molecule has 4 nitrogen and oxygen atoms in total. The molecule has 0 aliphatic heterocycles. The summed E-state index contributed by atoms with van der Waals surface area (Å²) in [4.78, 5) is 8.87. The van der Waals surface area contributed by atoms with Crippen molar-refractivity contribution in [2.75, 3.05) is 12.4 Å². The smallest absolute Gasteiger partial charge is 0.119 e. The van der Waals surface area contributed by atoms with Gasteiger partial charge in [0.15, 0.2) is 0 Å². The Morgan fingerprint density at radius 3 is 3.00 bits per heavy atom. The van der Waals surface area contributed by atoms with Crippen LogP contribution < -0.4 is 5.32 Å². The molecule has 1 aromatic carbocycles. The first-order chi connectivity index (χ1) is 10.3. The molecule has 0 aliphatic rings. The molecule has 0 atom stereocenters. The van der Waals surface area contributed by atoms with Gasteiger partial charge in [0.25, 0.3) is 0 Å². The van der Waals surface area contributed by atoms with Crippen LogP contribution in [0.25, 0.3) is 10.8 Å². The van der Waals surface area contributed by atoms with E-state index in [-0.39, 0.29) is 0 Å².